The van der Waals surface area contributed by atoms with Crippen molar-refractivity contribution in [2.24, 2.45) is 0 Å². The molecule has 1 aromatic rings. The van der Waals surface area contributed by atoms with Crippen LogP contribution < -0.4 is 4.90 Å². The third kappa shape index (κ3) is 2.86. The predicted octanol–water partition coefficient (Wildman–Crippen LogP) is 1.20. The van der Waals surface area contributed by atoms with Crippen LogP contribution in [0.3, 0.4) is 0 Å². The zero-order valence-corrected chi connectivity index (χ0v) is 12.6. The van der Waals surface area contributed by atoms with Gasteiger partial charge in [-0.2, -0.15) is 0 Å². The zero-order chi connectivity index (χ0) is 15.0. The van der Waals surface area contributed by atoms with Gasteiger partial charge in [0, 0.05) is 44.5 Å². The summed E-state index contributed by atoms with van der Waals surface area (Å²) in [5, 5.41) is 0. The number of carbonyl (C=O) groups excluding carboxylic acids is 2. The number of anilines is 1. The Morgan fingerprint density at radius 2 is 1.81 bits per heavy atom. The first-order valence-corrected chi connectivity index (χ1v) is 7.42. The van der Waals surface area contributed by atoms with E-state index in [0.717, 1.165) is 18.5 Å². The van der Waals surface area contributed by atoms with Crippen LogP contribution in [0.5, 0.6) is 0 Å². The molecule has 1 saturated carbocycles. The van der Waals surface area contributed by atoms with Gasteiger partial charge in [0.05, 0.1) is 0 Å². The lowest BCUT2D eigenvalue weighted by molar-refractivity contribution is -0.135. The Morgan fingerprint density at radius 1 is 1.14 bits per heavy atom. The summed E-state index contributed by atoms with van der Waals surface area (Å²) in [6.07, 6.45) is 2.23. The van der Waals surface area contributed by atoms with Gasteiger partial charge in [-0.15, -0.1) is 0 Å². The highest BCUT2D eigenvalue weighted by Crippen LogP contribution is 2.28. The maximum Gasteiger partial charge on any atom is 0.254 e. The Kier molecular flexibility index (Phi) is 3.57. The fraction of sp³-hybridized carbons (Fsp3) is 0.500. The second-order valence-electron chi connectivity index (χ2n) is 5.99. The SMILES string of the molecule is CN(C)c1ccc(C(=O)N2CCN(C3CC3)C(=O)C2)cc1. The molecule has 2 fully saturated rings. The Bertz CT molecular complexity index is 549. The maximum atomic E-state index is 12.5. The summed E-state index contributed by atoms with van der Waals surface area (Å²) < 4.78 is 0. The highest BCUT2D eigenvalue weighted by Gasteiger charge is 2.36. The van der Waals surface area contributed by atoms with Crippen molar-refractivity contribution in [2.45, 2.75) is 18.9 Å². The van der Waals surface area contributed by atoms with Crippen LogP contribution in [0.1, 0.15) is 23.2 Å². The summed E-state index contributed by atoms with van der Waals surface area (Å²) >= 11 is 0. The maximum absolute atomic E-state index is 12.5. The van der Waals surface area contributed by atoms with Crippen molar-refractivity contribution in [3.05, 3.63) is 29.8 Å². The molecule has 0 aromatic heterocycles. The molecule has 2 aliphatic rings. The minimum Gasteiger partial charge on any atom is -0.378 e. The van der Waals surface area contributed by atoms with Gasteiger partial charge in [-0.25, -0.2) is 0 Å². The molecular weight excluding hydrogens is 266 g/mol. The average molecular weight is 287 g/mol. The molecule has 5 heteroatoms. The van der Waals surface area contributed by atoms with E-state index in [1.807, 2.05) is 48.2 Å². The number of benzene rings is 1. The second kappa shape index (κ2) is 5.39. The van der Waals surface area contributed by atoms with Crippen LogP contribution >= 0.6 is 0 Å². The number of hydrogen-bond donors (Lipinski definition) is 0. The minimum atomic E-state index is -0.0518. The van der Waals surface area contributed by atoms with Gasteiger partial charge < -0.3 is 14.7 Å². The fourth-order valence-corrected chi connectivity index (χ4v) is 2.72. The van der Waals surface area contributed by atoms with Crippen molar-refractivity contribution in [2.75, 3.05) is 38.6 Å². The average Bonchev–Trinajstić information content (AvgIpc) is 3.31. The Morgan fingerprint density at radius 3 is 2.33 bits per heavy atom. The molecule has 1 aliphatic carbocycles. The molecule has 5 nitrogen and oxygen atoms in total. The number of hydrogen-bond acceptors (Lipinski definition) is 3. The van der Waals surface area contributed by atoms with Crippen molar-refractivity contribution < 1.29 is 9.59 Å². The van der Waals surface area contributed by atoms with Gasteiger partial charge in [-0.05, 0) is 37.1 Å². The van der Waals surface area contributed by atoms with Crippen LogP contribution in [0, 0.1) is 0 Å². The van der Waals surface area contributed by atoms with E-state index in [-0.39, 0.29) is 18.4 Å². The van der Waals surface area contributed by atoms with Crippen LogP contribution in [0.25, 0.3) is 0 Å². The molecule has 2 amide bonds. The van der Waals surface area contributed by atoms with E-state index in [0.29, 0.717) is 24.7 Å². The topological polar surface area (TPSA) is 43.9 Å². The second-order valence-corrected chi connectivity index (χ2v) is 5.99. The minimum absolute atomic E-state index is 0.0518. The molecule has 3 rings (SSSR count). The molecule has 1 heterocycles. The number of rotatable bonds is 3. The van der Waals surface area contributed by atoms with E-state index in [1.165, 1.54) is 0 Å². The Hall–Kier alpha value is -2.04. The molecule has 0 radical (unpaired) electrons. The highest BCUT2D eigenvalue weighted by molar-refractivity contribution is 5.97. The van der Waals surface area contributed by atoms with Gasteiger partial charge in [0.25, 0.3) is 5.91 Å². The van der Waals surface area contributed by atoms with Gasteiger partial charge in [0.1, 0.15) is 6.54 Å². The number of nitrogens with zero attached hydrogens (tertiary/aromatic N) is 3. The van der Waals surface area contributed by atoms with Gasteiger partial charge in [0.15, 0.2) is 0 Å². The standard InChI is InChI=1S/C16H21N3O2/c1-17(2)13-5-3-12(4-6-13)16(21)18-9-10-19(14-7-8-14)15(20)11-18/h3-6,14H,7-11H2,1-2H3. The normalized spacial score (nSPS) is 18.9. The third-order valence-electron chi connectivity index (χ3n) is 4.16. The number of amides is 2. The van der Waals surface area contributed by atoms with Crippen LogP contribution in [-0.4, -0.2) is 61.4 Å². The van der Waals surface area contributed by atoms with Gasteiger partial charge in [0.2, 0.25) is 5.91 Å². The molecule has 1 aliphatic heterocycles. The van der Waals surface area contributed by atoms with Crippen molar-refractivity contribution >= 4 is 17.5 Å². The van der Waals surface area contributed by atoms with Crippen molar-refractivity contribution in [1.82, 2.24) is 9.80 Å². The summed E-state index contributed by atoms with van der Waals surface area (Å²) in [4.78, 5) is 30.1. The summed E-state index contributed by atoms with van der Waals surface area (Å²) in [6, 6.07) is 7.95. The largest absolute Gasteiger partial charge is 0.378 e. The van der Waals surface area contributed by atoms with Crippen LogP contribution in [0.2, 0.25) is 0 Å². The molecule has 21 heavy (non-hydrogen) atoms. The van der Waals surface area contributed by atoms with E-state index in [9.17, 15) is 9.59 Å². The monoisotopic (exact) mass is 287 g/mol. The lowest BCUT2D eigenvalue weighted by Gasteiger charge is -2.34. The number of piperazine rings is 1. The first-order chi connectivity index (χ1) is 10.1. The van der Waals surface area contributed by atoms with E-state index in [2.05, 4.69) is 0 Å². The fourth-order valence-electron chi connectivity index (χ4n) is 2.72. The molecule has 0 N–H and O–H groups in total. The number of carbonyl (C=O) groups is 2. The quantitative estimate of drug-likeness (QED) is 0.839. The molecule has 0 spiro atoms. The van der Waals surface area contributed by atoms with E-state index in [4.69, 9.17) is 0 Å². The smallest absolute Gasteiger partial charge is 0.254 e. The lowest BCUT2D eigenvalue weighted by Crippen LogP contribution is -2.52. The summed E-state index contributed by atoms with van der Waals surface area (Å²) in [5.74, 6) is 0.0334. The van der Waals surface area contributed by atoms with E-state index in [1.54, 1.807) is 4.90 Å². The molecule has 0 atom stereocenters. The Labute approximate surface area is 125 Å². The first kappa shape index (κ1) is 13.9. The molecule has 1 aromatic carbocycles. The van der Waals surface area contributed by atoms with E-state index < -0.39 is 0 Å². The van der Waals surface area contributed by atoms with Gasteiger partial charge >= 0.3 is 0 Å². The van der Waals surface area contributed by atoms with Crippen LogP contribution in [0.4, 0.5) is 5.69 Å². The van der Waals surface area contributed by atoms with Gasteiger partial charge in [-0.3, -0.25) is 9.59 Å². The molecule has 112 valence electrons. The Balaban J connectivity index is 1.66. The predicted molar refractivity (Wildman–Crippen MR) is 81.4 cm³/mol. The molecule has 0 bridgehead atoms. The summed E-state index contributed by atoms with van der Waals surface area (Å²) in [5.41, 5.74) is 1.70. The van der Waals surface area contributed by atoms with Crippen molar-refractivity contribution in [3.63, 3.8) is 0 Å². The molecule has 0 unspecified atom stereocenters. The third-order valence-corrected chi connectivity index (χ3v) is 4.16. The van der Waals surface area contributed by atoms with Crippen LogP contribution in [-0.2, 0) is 4.79 Å². The zero-order valence-electron chi connectivity index (χ0n) is 12.6. The van der Waals surface area contributed by atoms with Crippen LogP contribution in [0.15, 0.2) is 24.3 Å². The lowest BCUT2D eigenvalue weighted by atomic mass is 10.1. The summed E-state index contributed by atoms with van der Waals surface area (Å²) in [7, 11) is 3.93. The van der Waals surface area contributed by atoms with E-state index >= 15 is 0 Å². The van der Waals surface area contributed by atoms with Gasteiger partial charge in [-0.1, -0.05) is 0 Å². The highest BCUT2D eigenvalue weighted by atomic mass is 16.2. The molecule has 1 saturated heterocycles. The molecular formula is C16H21N3O2. The van der Waals surface area contributed by atoms with Crippen molar-refractivity contribution in [3.8, 4) is 0 Å². The van der Waals surface area contributed by atoms with Crippen molar-refractivity contribution in [1.29, 1.82) is 0 Å². The summed E-state index contributed by atoms with van der Waals surface area (Å²) in [6.45, 7) is 1.52. The first-order valence-electron chi connectivity index (χ1n) is 7.42.